The Bertz CT molecular complexity index is 617. The predicted octanol–water partition coefficient (Wildman–Crippen LogP) is 2.24. The van der Waals surface area contributed by atoms with Crippen LogP contribution in [-0.4, -0.2) is 28.5 Å². The molecule has 0 unspecified atom stereocenters. The van der Waals surface area contributed by atoms with E-state index in [2.05, 4.69) is 41.9 Å². The van der Waals surface area contributed by atoms with Gasteiger partial charge in [0.15, 0.2) is 0 Å². The van der Waals surface area contributed by atoms with Crippen molar-refractivity contribution in [3.8, 4) is 6.07 Å². The van der Waals surface area contributed by atoms with Crippen LogP contribution in [0.1, 0.15) is 17.0 Å². The molecule has 2 rings (SSSR count). The lowest BCUT2D eigenvalue weighted by Crippen LogP contribution is -2.15. The van der Waals surface area contributed by atoms with Crippen molar-refractivity contribution in [3.63, 3.8) is 0 Å². The average Bonchev–Trinajstić information content (AvgIpc) is 2.58. The Morgan fingerprint density at radius 1 is 1.28 bits per heavy atom. The Balaban J connectivity index is 2.64. The smallest absolute Gasteiger partial charge is 0.125 e. The van der Waals surface area contributed by atoms with Gasteiger partial charge < -0.3 is 9.47 Å². The maximum Gasteiger partial charge on any atom is 0.125 e. The highest BCUT2D eigenvalue weighted by atomic mass is 15.2. The zero-order chi connectivity index (χ0) is 13.3. The molecular weight excluding hydrogens is 224 g/mol. The van der Waals surface area contributed by atoms with E-state index in [1.807, 2.05) is 18.7 Å². The molecule has 94 valence electrons. The van der Waals surface area contributed by atoms with Crippen molar-refractivity contribution in [2.75, 3.05) is 14.1 Å². The maximum absolute atomic E-state index is 8.97. The van der Waals surface area contributed by atoms with Gasteiger partial charge in [-0.2, -0.15) is 5.26 Å². The van der Waals surface area contributed by atoms with E-state index in [9.17, 15) is 0 Å². The first-order valence-corrected chi connectivity index (χ1v) is 6.01. The molecule has 4 nitrogen and oxygen atoms in total. The van der Waals surface area contributed by atoms with Crippen molar-refractivity contribution >= 4 is 11.0 Å². The van der Waals surface area contributed by atoms with E-state index in [-0.39, 0.29) is 0 Å². The molecule has 1 aromatic heterocycles. The molecule has 2 aromatic rings. The molecule has 1 aromatic carbocycles. The largest absolute Gasteiger partial charge is 0.313 e. The van der Waals surface area contributed by atoms with Crippen LogP contribution in [0.3, 0.4) is 0 Å². The fourth-order valence-corrected chi connectivity index (χ4v) is 2.08. The van der Waals surface area contributed by atoms with Gasteiger partial charge in [0.05, 0.1) is 23.6 Å². The van der Waals surface area contributed by atoms with Crippen molar-refractivity contribution in [3.05, 3.63) is 29.1 Å². The second kappa shape index (κ2) is 4.79. The molecular formula is C14H18N4. The zero-order valence-corrected chi connectivity index (χ0v) is 11.4. The van der Waals surface area contributed by atoms with Gasteiger partial charge in [-0.05, 0) is 51.2 Å². The number of hydrogen-bond acceptors (Lipinski definition) is 3. The Labute approximate surface area is 107 Å². The number of rotatable bonds is 3. The van der Waals surface area contributed by atoms with E-state index in [1.54, 1.807) is 0 Å². The van der Waals surface area contributed by atoms with Gasteiger partial charge in [-0.3, -0.25) is 0 Å². The molecule has 0 N–H and O–H groups in total. The van der Waals surface area contributed by atoms with E-state index in [0.717, 1.165) is 23.4 Å². The Hall–Kier alpha value is -1.86. The monoisotopic (exact) mass is 242 g/mol. The summed E-state index contributed by atoms with van der Waals surface area (Å²) in [5.74, 6) is 0.946. The molecule has 18 heavy (non-hydrogen) atoms. The van der Waals surface area contributed by atoms with Gasteiger partial charge in [0.2, 0.25) is 0 Å². The van der Waals surface area contributed by atoms with Gasteiger partial charge in [0.1, 0.15) is 12.4 Å². The van der Waals surface area contributed by atoms with E-state index >= 15 is 0 Å². The minimum absolute atomic E-state index is 0.349. The standard InChI is InChI=1S/C14H18N4/c1-10-7-12-13(8-11(10)2)18(6-5-15)14(16-12)9-17(3)4/h7-8H,6,9H2,1-4H3. The van der Waals surface area contributed by atoms with Crippen molar-refractivity contribution in [1.29, 1.82) is 5.26 Å². The molecule has 0 fully saturated rings. The summed E-state index contributed by atoms with van der Waals surface area (Å²) in [6.45, 7) is 5.27. The highest BCUT2D eigenvalue weighted by Gasteiger charge is 2.12. The van der Waals surface area contributed by atoms with Crippen LogP contribution in [0.25, 0.3) is 11.0 Å². The van der Waals surface area contributed by atoms with Crippen molar-refractivity contribution in [1.82, 2.24) is 14.5 Å². The minimum Gasteiger partial charge on any atom is -0.313 e. The summed E-state index contributed by atoms with van der Waals surface area (Å²) in [6, 6.07) is 6.43. The number of fused-ring (bicyclic) bond motifs is 1. The Kier molecular flexibility index (Phi) is 3.35. The van der Waals surface area contributed by atoms with Gasteiger partial charge in [0.25, 0.3) is 0 Å². The molecule has 0 bridgehead atoms. The molecule has 0 aliphatic carbocycles. The van der Waals surface area contributed by atoms with Gasteiger partial charge in [0, 0.05) is 0 Å². The van der Waals surface area contributed by atoms with Crippen molar-refractivity contribution in [2.24, 2.45) is 0 Å². The molecule has 0 atom stereocenters. The molecule has 4 heteroatoms. The van der Waals surface area contributed by atoms with Gasteiger partial charge in [-0.25, -0.2) is 4.98 Å². The van der Waals surface area contributed by atoms with E-state index < -0.39 is 0 Å². The van der Waals surface area contributed by atoms with Crippen LogP contribution in [0, 0.1) is 25.2 Å². The number of benzene rings is 1. The predicted molar refractivity (Wildman–Crippen MR) is 72.2 cm³/mol. The summed E-state index contributed by atoms with van der Waals surface area (Å²) in [7, 11) is 4.01. The summed E-state index contributed by atoms with van der Waals surface area (Å²) >= 11 is 0. The number of nitrogens with zero attached hydrogens (tertiary/aromatic N) is 4. The summed E-state index contributed by atoms with van der Waals surface area (Å²) in [5, 5.41) is 8.97. The van der Waals surface area contributed by atoms with Crippen molar-refractivity contribution in [2.45, 2.75) is 26.9 Å². The van der Waals surface area contributed by atoms with Crippen LogP contribution >= 0.6 is 0 Å². The maximum atomic E-state index is 8.97. The quantitative estimate of drug-likeness (QED) is 0.829. The topological polar surface area (TPSA) is 44.9 Å². The van der Waals surface area contributed by atoms with Crippen LogP contribution in [0.4, 0.5) is 0 Å². The SMILES string of the molecule is Cc1cc2nc(CN(C)C)n(CC#N)c2cc1C. The first kappa shape index (κ1) is 12.6. The lowest BCUT2D eigenvalue weighted by molar-refractivity contribution is 0.384. The van der Waals surface area contributed by atoms with Crippen LogP contribution in [0.15, 0.2) is 12.1 Å². The lowest BCUT2D eigenvalue weighted by Gasteiger charge is -2.10. The highest BCUT2D eigenvalue weighted by Crippen LogP contribution is 2.21. The normalized spacial score (nSPS) is 11.1. The van der Waals surface area contributed by atoms with Crippen LogP contribution in [0.2, 0.25) is 0 Å². The van der Waals surface area contributed by atoms with Crippen molar-refractivity contribution < 1.29 is 0 Å². The van der Waals surface area contributed by atoms with Crippen LogP contribution in [0.5, 0.6) is 0 Å². The highest BCUT2D eigenvalue weighted by molar-refractivity contribution is 5.78. The number of aromatic nitrogens is 2. The summed E-state index contributed by atoms with van der Waals surface area (Å²) in [4.78, 5) is 6.71. The third-order valence-electron chi connectivity index (χ3n) is 3.13. The summed E-state index contributed by atoms with van der Waals surface area (Å²) < 4.78 is 2.00. The fraction of sp³-hybridized carbons (Fsp3) is 0.429. The number of aryl methyl sites for hydroxylation is 2. The molecule has 1 heterocycles. The Morgan fingerprint density at radius 3 is 2.56 bits per heavy atom. The van der Waals surface area contributed by atoms with Crippen LogP contribution in [-0.2, 0) is 13.1 Å². The second-order valence-corrected chi connectivity index (χ2v) is 4.94. The third kappa shape index (κ3) is 2.22. The third-order valence-corrected chi connectivity index (χ3v) is 3.13. The van der Waals surface area contributed by atoms with Gasteiger partial charge in [-0.15, -0.1) is 0 Å². The molecule has 0 aliphatic heterocycles. The molecule has 0 saturated heterocycles. The number of imidazole rings is 1. The lowest BCUT2D eigenvalue weighted by atomic mass is 10.1. The molecule has 0 radical (unpaired) electrons. The molecule has 0 spiro atoms. The Morgan fingerprint density at radius 2 is 1.94 bits per heavy atom. The average molecular weight is 242 g/mol. The molecule has 0 amide bonds. The van der Waals surface area contributed by atoms with Crippen LogP contribution < -0.4 is 0 Å². The van der Waals surface area contributed by atoms with E-state index in [0.29, 0.717) is 6.54 Å². The van der Waals surface area contributed by atoms with Gasteiger partial charge >= 0.3 is 0 Å². The minimum atomic E-state index is 0.349. The van der Waals surface area contributed by atoms with E-state index in [4.69, 9.17) is 5.26 Å². The summed E-state index contributed by atoms with van der Waals surface area (Å²) in [5.41, 5.74) is 4.50. The first-order valence-electron chi connectivity index (χ1n) is 6.01. The fourth-order valence-electron chi connectivity index (χ4n) is 2.08. The zero-order valence-electron chi connectivity index (χ0n) is 11.4. The first-order chi connectivity index (χ1) is 8.52. The second-order valence-electron chi connectivity index (χ2n) is 4.94. The van der Waals surface area contributed by atoms with E-state index in [1.165, 1.54) is 11.1 Å². The molecule has 0 aliphatic rings. The number of nitriles is 1. The number of hydrogen-bond donors (Lipinski definition) is 0. The summed E-state index contributed by atoms with van der Waals surface area (Å²) in [6.07, 6.45) is 0. The van der Waals surface area contributed by atoms with Gasteiger partial charge in [-0.1, -0.05) is 0 Å². The molecule has 0 saturated carbocycles.